The summed E-state index contributed by atoms with van der Waals surface area (Å²) in [7, 11) is 1.58. The molecule has 0 saturated heterocycles. The number of aromatic amines is 1. The highest BCUT2D eigenvalue weighted by Gasteiger charge is 2.14. The van der Waals surface area contributed by atoms with Gasteiger partial charge in [-0.3, -0.25) is 19.0 Å². The van der Waals surface area contributed by atoms with Gasteiger partial charge in [0.05, 0.1) is 12.9 Å². The van der Waals surface area contributed by atoms with Crippen LogP contribution in [0.1, 0.15) is 29.4 Å². The SMILES string of the molecule is CCCc1cc(=O)[nH]c2nnc(SCC(=O)c3ccc(OC)cc3)n12. The van der Waals surface area contributed by atoms with E-state index in [9.17, 15) is 9.59 Å². The summed E-state index contributed by atoms with van der Waals surface area (Å²) in [5.74, 6) is 1.33. The molecule has 130 valence electrons. The molecule has 3 rings (SSSR count). The minimum atomic E-state index is -0.200. The number of thioether (sulfide) groups is 1. The number of nitrogens with zero attached hydrogens (tertiary/aromatic N) is 3. The molecule has 3 aromatic rings. The number of nitrogens with one attached hydrogen (secondary N) is 1. The highest BCUT2D eigenvalue weighted by atomic mass is 32.2. The van der Waals surface area contributed by atoms with Crippen LogP contribution in [0.5, 0.6) is 5.75 Å². The first kappa shape index (κ1) is 17.2. The Kier molecular flexibility index (Phi) is 5.18. The molecule has 25 heavy (non-hydrogen) atoms. The molecule has 0 spiro atoms. The van der Waals surface area contributed by atoms with Crippen molar-refractivity contribution in [3.8, 4) is 5.75 Å². The van der Waals surface area contributed by atoms with Crippen LogP contribution >= 0.6 is 11.8 Å². The molecule has 0 amide bonds. The van der Waals surface area contributed by atoms with E-state index in [4.69, 9.17) is 4.74 Å². The third kappa shape index (κ3) is 3.74. The van der Waals surface area contributed by atoms with Crippen molar-refractivity contribution in [2.45, 2.75) is 24.9 Å². The first-order valence-corrected chi connectivity index (χ1v) is 8.88. The molecule has 0 aliphatic rings. The zero-order valence-electron chi connectivity index (χ0n) is 14.0. The normalized spacial score (nSPS) is 11.0. The molecule has 0 atom stereocenters. The van der Waals surface area contributed by atoms with E-state index in [-0.39, 0.29) is 17.1 Å². The third-order valence-corrected chi connectivity index (χ3v) is 4.63. The monoisotopic (exact) mass is 358 g/mol. The summed E-state index contributed by atoms with van der Waals surface area (Å²) >= 11 is 1.30. The van der Waals surface area contributed by atoms with Crippen LogP contribution in [0.15, 0.2) is 40.3 Å². The third-order valence-electron chi connectivity index (χ3n) is 3.70. The topological polar surface area (TPSA) is 89.4 Å². The largest absolute Gasteiger partial charge is 0.497 e. The molecule has 0 bridgehead atoms. The standard InChI is InChI=1S/C17H18N4O3S/c1-3-4-12-9-15(23)18-16-19-20-17(21(12)16)25-10-14(22)11-5-7-13(24-2)8-6-11/h5-9H,3-4,10H2,1-2H3,(H,18,19,23). The smallest absolute Gasteiger partial charge is 0.252 e. The van der Waals surface area contributed by atoms with Gasteiger partial charge in [-0.2, -0.15) is 0 Å². The lowest BCUT2D eigenvalue weighted by Crippen LogP contribution is -2.12. The minimum absolute atomic E-state index is 0.00845. The Labute approximate surface area is 148 Å². The van der Waals surface area contributed by atoms with Gasteiger partial charge in [0.2, 0.25) is 5.78 Å². The van der Waals surface area contributed by atoms with Gasteiger partial charge in [0, 0.05) is 17.3 Å². The van der Waals surface area contributed by atoms with Crippen LogP contribution in [-0.2, 0) is 6.42 Å². The van der Waals surface area contributed by atoms with E-state index in [0.717, 1.165) is 18.5 Å². The van der Waals surface area contributed by atoms with Crippen molar-refractivity contribution in [1.82, 2.24) is 19.6 Å². The van der Waals surface area contributed by atoms with E-state index in [0.29, 0.717) is 22.2 Å². The van der Waals surface area contributed by atoms with E-state index in [1.165, 1.54) is 11.8 Å². The Bertz CT molecular complexity index is 947. The first-order valence-electron chi connectivity index (χ1n) is 7.89. The molecular formula is C17H18N4O3S. The fraction of sp³-hybridized carbons (Fsp3) is 0.294. The Balaban J connectivity index is 1.80. The summed E-state index contributed by atoms with van der Waals surface area (Å²) in [5, 5.41) is 8.70. The number of Topliss-reactive ketones (excluding diaryl/α,β-unsaturated/α-hetero) is 1. The van der Waals surface area contributed by atoms with Gasteiger partial charge < -0.3 is 4.74 Å². The van der Waals surface area contributed by atoms with Crippen LogP contribution < -0.4 is 10.3 Å². The first-order chi connectivity index (χ1) is 12.1. The number of ketones is 1. The number of hydrogen-bond acceptors (Lipinski definition) is 6. The molecule has 1 aromatic carbocycles. The second kappa shape index (κ2) is 7.52. The number of hydrogen-bond donors (Lipinski definition) is 1. The van der Waals surface area contributed by atoms with Crippen molar-refractivity contribution in [1.29, 1.82) is 0 Å². The summed E-state index contributed by atoms with van der Waals surface area (Å²) in [6, 6.07) is 8.55. The number of methoxy groups -OCH3 is 1. The van der Waals surface area contributed by atoms with Crippen LogP contribution in [0.3, 0.4) is 0 Å². The number of benzene rings is 1. The van der Waals surface area contributed by atoms with Crippen molar-refractivity contribution in [3.05, 3.63) is 51.9 Å². The number of aromatic nitrogens is 4. The molecular weight excluding hydrogens is 340 g/mol. The van der Waals surface area contributed by atoms with Crippen LogP contribution in [0.4, 0.5) is 0 Å². The Morgan fingerprint density at radius 2 is 2.04 bits per heavy atom. The fourth-order valence-electron chi connectivity index (χ4n) is 2.50. The maximum atomic E-state index is 12.4. The second-order valence-electron chi connectivity index (χ2n) is 5.46. The van der Waals surface area contributed by atoms with Crippen molar-refractivity contribution in [3.63, 3.8) is 0 Å². The van der Waals surface area contributed by atoms with Gasteiger partial charge in [0.1, 0.15) is 5.75 Å². The van der Waals surface area contributed by atoms with Gasteiger partial charge >= 0.3 is 0 Å². The van der Waals surface area contributed by atoms with Gasteiger partial charge in [-0.15, -0.1) is 10.2 Å². The summed E-state index contributed by atoms with van der Waals surface area (Å²) in [5.41, 5.74) is 1.25. The average Bonchev–Trinajstić information content (AvgIpc) is 3.03. The Morgan fingerprint density at radius 1 is 1.28 bits per heavy atom. The van der Waals surface area contributed by atoms with E-state index in [1.54, 1.807) is 41.8 Å². The van der Waals surface area contributed by atoms with E-state index in [1.807, 2.05) is 6.92 Å². The molecule has 1 N–H and O–H groups in total. The molecule has 0 unspecified atom stereocenters. The van der Waals surface area contributed by atoms with Gasteiger partial charge in [0.15, 0.2) is 10.9 Å². The number of carbonyl (C=O) groups is 1. The predicted octanol–water partition coefficient (Wildman–Crippen LogP) is 2.35. The number of rotatable bonds is 7. The van der Waals surface area contributed by atoms with Gasteiger partial charge in [0.25, 0.3) is 5.56 Å². The van der Waals surface area contributed by atoms with Gasteiger partial charge in [-0.25, -0.2) is 0 Å². The van der Waals surface area contributed by atoms with E-state index < -0.39 is 0 Å². The number of carbonyl (C=O) groups excluding carboxylic acids is 1. The predicted molar refractivity (Wildman–Crippen MR) is 95.7 cm³/mol. The fourth-order valence-corrected chi connectivity index (χ4v) is 3.35. The van der Waals surface area contributed by atoms with Crippen molar-refractivity contribution < 1.29 is 9.53 Å². The quantitative estimate of drug-likeness (QED) is 0.515. The van der Waals surface area contributed by atoms with Gasteiger partial charge in [-0.1, -0.05) is 25.1 Å². The number of aryl methyl sites for hydroxylation is 1. The number of H-pyrrole nitrogens is 1. The van der Waals surface area contributed by atoms with Gasteiger partial charge in [-0.05, 0) is 30.7 Å². The van der Waals surface area contributed by atoms with E-state index >= 15 is 0 Å². The number of ether oxygens (including phenoxy) is 1. The lowest BCUT2D eigenvalue weighted by Gasteiger charge is -2.06. The summed E-state index contributed by atoms with van der Waals surface area (Å²) in [6.07, 6.45) is 1.63. The zero-order chi connectivity index (χ0) is 17.8. The van der Waals surface area contributed by atoms with Crippen LogP contribution in [0, 0.1) is 0 Å². The summed E-state index contributed by atoms with van der Waals surface area (Å²) in [4.78, 5) is 26.7. The molecule has 0 radical (unpaired) electrons. The second-order valence-corrected chi connectivity index (χ2v) is 6.40. The molecule has 0 aliphatic heterocycles. The van der Waals surface area contributed by atoms with Crippen LogP contribution in [0.25, 0.3) is 5.78 Å². The van der Waals surface area contributed by atoms with Crippen molar-refractivity contribution in [2.75, 3.05) is 12.9 Å². The maximum Gasteiger partial charge on any atom is 0.252 e. The molecule has 2 aromatic heterocycles. The Hall–Kier alpha value is -2.61. The molecule has 7 nitrogen and oxygen atoms in total. The molecule has 0 saturated carbocycles. The Morgan fingerprint density at radius 3 is 2.72 bits per heavy atom. The van der Waals surface area contributed by atoms with Crippen molar-refractivity contribution in [2.24, 2.45) is 0 Å². The zero-order valence-corrected chi connectivity index (χ0v) is 14.8. The summed E-state index contributed by atoms with van der Waals surface area (Å²) in [6.45, 7) is 2.04. The lowest BCUT2D eigenvalue weighted by molar-refractivity contribution is 0.102. The molecule has 0 aliphatic carbocycles. The summed E-state index contributed by atoms with van der Waals surface area (Å²) < 4.78 is 6.90. The van der Waals surface area contributed by atoms with Crippen molar-refractivity contribution >= 4 is 23.3 Å². The molecule has 8 heteroatoms. The van der Waals surface area contributed by atoms with Crippen LogP contribution in [-0.4, -0.2) is 38.2 Å². The average molecular weight is 358 g/mol. The lowest BCUT2D eigenvalue weighted by atomic mass is 10.1. The highest BCUT2D eigenvalue weighted by Crippen LogP contribution is 2.20. The minimum Gasteiger partial charge on any atom is -0.497 e. The van der Waals surface area contributed by atoms with E-state index in [2.05, 4.69) is 15.2 Å². The molecule has 0 fully saturated rings. The van der Waals surface area contributed by atoms with Crippen LogP contribution in [0.2, 0.25) is 0 Å². The number of fused-ring (bicyclic) bond motifs is 1. The molecule has 2 heterocycles. The highest BCUT2D eigenvalue weighted by molar-refractivity contribution is 7.99. The maximum absolute atomic E-state index is 12.4.